The molecule has 0 radical (unpaired) electrons. The van der Waals surface area contributed by atoms with Crippen LogP contribution in [0.3, 0.4) is 0 Å². The monoisotopic (exact) mass is 340 g/mol. The summed E-state index contributed by atoms with van der Waals surface area (Å²) < 4.78 is 2.46. The fraction of sp³-hybridized carbons (Fsp3) is 0.0769. The highest BCUT2D eigenvalue weighted by atomic mass is 79.9. The number of rotatable bonds is 3. The molecule has 1 heterocycles. The SMILES string of the molecule is Cc1nn(-c2ccc(/C=C/C(=O)O)c(Br)c2)cc1Cl. The van der Waals surface area contributed by atoms with E-state index in [9.17, 15) is 4.79 Å². The van der Waals surface area contributed by atoms with Crippen molar-refractivity contribution in [2.45, 2.75) is 6.92 Å². The molecule has 2 rings (SSSR count). The van der Waals surface area contributed by atoms with Crippen LogP contribution in [0.5, 0.6) is 0 Å². The fourth-order valence-corrected chi connectivity index (χ4v) is 2.16. The van der Waals surface area contributed by atoms with Gasteiger partial charge in [-0.25, -0.2) is 9.48 Å². The van der Waals surface area contributed by atoms with Crippen LogP contribution in [0.4, 0.5) is 0 Å². The van der Waals surface area contributed by atoms with Gasteiger partial charge in [-0.2, -0.15) is 5.10 Å². The molecular weight excluding hydrogens is 332 g/mol. The van der Waals surface area contributed by atoms with Gasteiger partial charge in [0.1, 0.15) is 0 Å². The highest BCUT2D eigenvalue weighted by molar-refractivity contribution is 9.10. The minimum atomic E-state index is -0.981. The van der Waals surface area contributed by atoms with Crippen molar-refractivity contribution in [1.29, 1.82) is 0 Å². The number of benzene rings is 1. The molecule has 0 bridgehead atoms. The zero-order valence-electron chi connectivity index (χ0n) is 9.97. The number of carboxylic acids is 1. The predicted molar refractivity (Wildman–Crippen MR) is 77.7 cm³/mol. The Labute approximate surface area is 123 Å². The van der Waals surface area contributed by atoms with Gasteiger partial charge in [0.15, 0.2) is 0 Å². The summed E-state index contributed by atoms with van der Waals surface area (Å²) in [6.45, 7) is 1.83. The molecule has 0 aliphatic carbocycles. The molecule has 0 unspecified atom stereocenters. The van der Waals surface area contributed by atoms with Gasteiger partial charge >= 0.3 is 5.97 Å². The van der Waals surface area contributed by atoms with Gasteiger partial charge in [0.25, 0.3) is 0 Å². The van der Waals surface area contributed by atoms with E-state index in [2.05, 4.69) is 21.0 Å². The minimum Gasteiger partial charge on any atom is -0.478 e. The minimum absolute atomic E-state index is 0.603. The van der Waals surface area contributed by atoms with Crippen LogP contribution in [0.15, 0.2) is 34.9 Å². The molecule has 98 valence electrons. The van der Waals surface area contributed by atoms with E-state index in [1.165, 1.54) is 6.08 Å². The molecule has 1 aromatic carbocycles. The molecule has 4 nitrogen and oxygen atoms in total. The van der Waals surface area contributed by atoms with E-state index in [1.54, 1.807) is 10.9 Å². The summed E-state index contributed by atoms with van der Waals surface area (Å²) in [4.78, 5) is 10.5. The third-order valence-corrected chi connectivity index (χ3v) is 3.55. The Kier molecular flexibility index (Phi) is 4.07. The zero-order valence-corrected chi connectivity index (χ0v) is 12.3. The number of aromatic nitrogens is 2. The molecule has 0 aliphatic rings. The Bertz CT molecular complexity index is 645. The van der Waals surface area contributed by atoms with E-state index < -0.39 is 5.97 Å². The van der Waals surface area contributed by atoms with Crippen molar-refractivity contribution in [3.63, 3.8) is 0 Å². The van der Waals surface area contributed by atoms with Gasteiger partial charge in [-0.15, -0.1) is 0 Å². The first-order valence-electron chi connectivity index (χ1n) is 5.40. The van der Waals surface area contributed by atoms with Crippen molar-refractivity contribution in [2.75, 3.05) is 0 Å². The maximum atomic E-state index is 10.5. The quantitative estimate of drug-likeness (QED) is 0.866. The van der Waals surface area contributed by atoms with E-state index in [-0.39, 0.29) is 0 Å². The van der Waals surface area contributed by atoms with Gasteiger partial charge in [-0.05, 0) is 30.7 Å². The Balaban J connectivity index is 2.36. The van der Waals surface area contributed by atoms with Gasteiger partial charge in [0.05, 0.1) is 16.4 Å². The third kappa shape index (κ3) is 3.24. The molecule has 0 saturated heterocycles. The second-order valence-electron chi connectivity index (χ2n) is 3.88. The molecule has 19 heavy (non-hydrogen) atoms. The van der Waals surface area contributed by atoms with Crippen LogP contribution in [0.2, 0.25) is 5.02 Å². The lowest BCUT2D eigenvalue weighted by Gasteiger charge is -2.04. The third-order valence-electron chi connectivity index (χ3n) is 2.49. The number of nitrogens with zero attached hydrogens (tertiary/aromatic N) is 2. The zero-order chi connectivity index (χ0) is 14.0. The van der Waals surface area contributed by atoms with Crippen LogP contribution in [0, 0.1) is 6.92 Å². The molecule has 0 aliphatic heterocycles. The molecule has 2 aromatic rings. The Hall–Kier alpha value is -1.59. The molecule has 1 aromatic heterocycles. The van der Waals surface area contributed by atoms with Crippen LogP contribution in [-0.4, -0.2) is 20.9 Å². The first kappa shape index (κ1) is 13.8. The van der Waals surface area contributed by atoms with Gasteiger partial charge in [0.2, 0.25) is 0 Å². The lowest BCUT2D eigenvalue weighted by atomic mass is 10.2. The first-order chi connectivity index (χ1) is 8.97. The largest absolute Gasteiger partial charge is 0.478 e. The summed E-state index contributed by atoms with van der Waals surface area (Å²) >= 11 is 9.37. The van der Waals surface area contributed by atoms with Crippen LogP contribution >= 0.6 is 27.5 Å². The normalized spacial score (nSPS) is 11.1. The summed E-state index contributed by atoms with van der Waals surface area (Å²) in [5.74, 6) is -0.981. The lowest BCUT2D eigenvalue weighted by Crippen LogP contribution is -1.95. The van der Waals surface area contributed by atoms with Crippen LogP contribution in [0.1, 0.15) is 11.3 Å². The maximum absolute atomic E-state index is 10.5. The number of carbonyl (C=O) groups is 1. The van der Waals surface area contributed by atoms with E-state index in [1.807, 2.05) is 25.1 Å². The van der Waals surface area contributed by atoms with Gasteiger partial charge in [-0.1, -0.05) is 33.6 Å². The maximum Gasteiger partial charge on any atom is 0.328 e. The summed E-state index contributed by atoms with van der Waals surface area (Å²) in [5.41, 5.74) is 2.38. The molecule has 0 amide bonds. The summed E-state index contributed by atoms with van der Waals surface area (Å²) in [6.07, 6.45) is 4.34. The van der Waals surface area contributed by atoms with Crippen molar-refractivity contribution in [3.05, 3.63) is 51.2 Å². The number of carboxylic acid groups (broad SMARTS) is 1. The van der Waals surface area contributed by atoms with E-state index >= 15 is 0 Å². The molecule has 6 heteroatoms. The van der Waals surface area contributed by atoms with Crippen molar-refractivity contribution in [3.8, 4) is 5.69 Å². The number of hydrogen-bond acceptors (Lipinski definition) is 2. The molecule has 0 fully saturated rings. The fourth-order valence-electron chi connectivity index (χ4n) is 1.53. The summed E-state index contributed by atoms with van der Waals surface area (Å²) in [7, 11) is 0. The number of aliphatic carboxylic acids is 1. The summed E-state index contributed by atoms with van der Waals surface area (Å²) in [6, 6.07) is 5.50. The van der Waals surface area contributed by atoms with Crippen LogP contribution in [-0.2, 0) is 4.79 Å². The van der Waals surface area contributed by atoms with E-state index in [0.717, 1.165) is 27.5 Å². The molecule has 0 saturated carbocycles. The average molecular weight is 342 g/mol. The van der Waals surface area contributed by atoms with Crippen LogP contribution in [0.25, 0.3) is 11.8 Å². The summed E-state index contributed by atoms with van der Waals surface area (Å²) in [5, 5.41) is 13.5. The highest BCUT2D eigenvalue weighted by Crippen LogP contribution is 2.23. The Morgan fingerprint density at radius 2 is 2.26 bits per heavy atom. The molecular formula is C13H10BrClN2O2. The topological polar surface area (TPSA) is 55.1 Å². The second kappa shape index (κ2) is 5.59. The average Bonchev–Trinajstić information content (AvgIpc) is 2.68. The smallest absolute Gasteiger partial charge is 0.328 e. The van der Waals surface area contributed by atoms with Crippen molar-refractivity contribution >= 4 is 39.6 Å². The predicted octanol–water partition coefficient (Wildman–Crippen LogP) is 3.69. The molecule has 1 N–H and O–H groups in total. The van der Waals surface area contributed by atoms with Crippen molar-refractivity contribution in [1.82, 2.24) is 9.78 Å². The number of aryl methyl sites for hydroxylation is 1. The van der Waals surface area contributed by atoms with E-state index in [0.29, 0.717) is 5.02 Å². The van der Waals surface area contributed by atoms with Crippen molar-refractivity contribution < 1.29 is 9.90 Å². The van der Waals surface area contributed by atoms with Gasteiger partial charge in [0, 0.05) is 16.7 Å². The number of halogens is 2. The lowest BCUT2D eigenvalue weighted by molar-refractivity contribution is -0.131. The molecule has 0 atom stereocenters. The standard InChI is InChI=1S/C13H10BrClN2O2/c1-8-12(15)7-17(16-8)10-4-2-9(11(14)6-10)3-5-13(18)19/h2-7H,1H3,(H,18,19)/b5-3+. The van der Waals surface area contributed by atoms with Crippen molar-refractivity contribution in [2.24, 2.45) is 0 Å². The number of hydrogen-bond donors (Lipinski definition) is 1. The highest BCUT2D eigenvalue weighted by Gasteiger charge is 2.06. The Morgan fingerprint density at radius 3 is 2.79 bits per heavy atom. The van der Waals surface area contributed by atoms with Gasteiger partial charge in [-0.3, -0.25) is 0 Å². The Morgan fingerprint density at radius 1 is 1.53 bits per heavy atom. The van der Waals surface area contributed by atoms with Gasteiger partial charge < -0.3 is 5.11 Å². The molecule has 0 spiro atoms. The second-order valence-corrected chi connectivity index (χ2v) is 5.15. The van der Waals surface area contributed by atoms with E-state index in [4.69, 9.17) is 16.7 Å². The van der Waals surface area contributed by atoms with Crippen LogP contribution < -0.4 is 0 Å². The first-order valence-corrected chi connectivity index (χ1v) is 6.57.